The Kier molecular flexibility index (Phi) is 7.44. The molecule has 0 aliphatic heterocycles. The molecule has 0 saturated heterocycles. The average Bonchev–Trinajstić information content (AvgIpc) is 2.86. The lowest BCUT2D eigenvalue weighted by atomic mass is 10.2. The summed E-state index contributed by atoms with van der Waals surface area (Å²) in [4.78, 5) is 30.5. The summed E-state index contributed by atoms with van der Waals surface area (Å²) in [6, 6.07) is 14.5. The van der Waals surface area contributed by atoms with E-state index in [1.807, 2.05) is 55.5 Å². The highest BCUT2D eigenvalue weighted by molar-refractivity contribution is 7.99. The Morgan fingerprint density at radius 1 is 0.970 bits per heavy atom. The Hall–Kier alpha value is -3.98. The summed E-state index contributed by atoms with van der Waals surface area (Å²) < 4.78 is 6.16. The summed E-state index contributed by atoms with van der Waals surface area (Å²) in [5.41, 5.74) is 1.75. The van der Waals surface area contributed by atoms with E-state index in [2.05, 4.69) is 30.6 Å². The quantitative estimate of drug-likeness (QED) is 0.379. The van der Waals surface area contributed by atoms with Gasteiger partial charge in [0.25, 0.3) is 0 Å². The van der Waals surface area contributed by atoms with E-state index in [1.54, 1.807) is 31.0 Å². The first-order chi connectivity index (χ1) is 16.2. The Bertz CT molecular complexity index is 1210. The van der Waals surface area contributed by atoms with Gasteiger partial charge in [0, 0.05) is 48.5 Å². The monoisotopic (exact) mass is 458 g/mol. The van der Waals surface area contributed by atoms with Crippen molar-refractivity contribution < 1.29 is 9.53 Å². The predicted molar refractivity (Wildman–Crippen MR) is 126 cm³/mol. The number of nitrogens with zero attached hydrogens (tertiary/aromatic N) is 4. The van der Waals surface area contributed by atoms with Crippen LogP contribution in [0.15, 0.2) is 89.4 Å². The Labute approximate surface area is 195 Å². The Balaban J connectivity index is 1.55. The second-order valence-corrected chi connectivity index (χ2v) is 7.95. The molecule has 4 aromatic rings. The molecular formula is C24H22N6O2S. The largest absolute Gasteiger partial charge is 0.452 e. The number of urea groups is 1. The molecule has 0 fully saturated rings. The Morgan fingerprint density at radius 3 is 2.61 bits per heavy atom. The third-order valence-corrected chi connectivity index (χ3v) is 5.44. The fourth-order valence-electron chi connectivity index (χ4n) is 2.92. The molecule has 166 valence electrons. The van der Waals surface area contributed by atoms with Gasteiger partial charge in [0.1, 0.15) is 10.8 Å². The van der Waals surface area contributed by atoms with Crippen LogP contribution in [0.25, 0.3) is 0 Å². The zero-order chi connectivity index (χ0) is 22.9. The van der Waals surface area contributed by atoms with Gasteiger partial charge in [-0.05, 0) is 48.4 Å². The van der Waals surface area contributed by atoms with E-state index in [1.165, 1.54) is 11.8 Å². The molecule has 0 spiro atoms. The Morgan fingerprint density at radius 2 is 1.82 bits per heavy atom. The number of hydrogen-bond donors (Lipinski definition) is 2. The molecule has 0 atom stereocenters. The van der Waals surface area contributed by atoms with Crippen LogP contribution >= 0.6 is 11.8 Å². The zero-order valence-corrected chi connectivity index (χ0v) is 18.7. The van der Waals surface area contributed by atoms with Crippen LogP contribution in [0.4, 0.5) is 10.6 Å². The standard InChI is InChI=1S/C24H22N6O2S/c1-2-19-20(6-5-11-26-19)32-21-14-18(33-22-7-3-4-10-27-22)16-28-23(21)30-24(31)29-15-17-8-12-25-13-9-17/h3-14,16H,2,15H2,1H3,(H2,28,29,30,31). The van der Waals surface area contributed by atoms with Gasteiger partial charge in [0.15, 0.2) is 11.6 Å². The van der Waals surface area contributed by atoms with Gasteiger partial charge in [0.05, 0.1) is 5.69 Å². The molecule has 4 aromatic heterocycles. The highest BCUT2D eigenvalue weighted by Gasteiger charge is 2.14. The van der Waals surface area contributed by atoms with Crippen LogP contribution in [-0.2, 0) is 13.0 Å². The van der Waals surface area contributed by atoms with Crippen molar-refractivity contribution in [2.75, 3.05) is 5.32 Å². The molecule has 9 heteroatoms. The van der Waals surface area contributed by atoms with E-state index in [-0.39, 0.29) is 0 Å². The minimum absolute atomic E-state index is 0.304. The minimum atomic E-state index is -0.392. The molecule has 0 radical (unpaired) electrons. The highest BCUT2D eigenvalue weighted by atomic mass is 32.2. The molecule has 0 bridgehead atoms. The first-order valence-corrected chi connectivity index (χ1v) is 11.2. The van der Waals surface area contributed by atoms with Crippen LogP contribution in [0, 0.1) is 0 Å². The smallest absolute Gasteiger partial charge is 0.320 e. The topological polar surface area (TPSA) is 102 Å². The maximum atomic E-state index is 12.5. The number of amides is 2. The minimum Gasteiger partial charge on any atom is -0.452 e. The molecule has 0 unspecified atom stereocenters. The number of pyridine rings is 4. The van der Waals surface area contributed by atoms with Crippen LogP contribution in [0.3, 0.4) is 0 Å². The number of ether oxygens (including phenoxy) is 1. The second-order valence-electron chi connectivity index (χ2n) is 6.85. The maximum Gasteiger partial charge on any atom is 0.320 e. The van der Waals surface area contributed by atoms with Crippen LogP contribution in [-0.4, -0.2) is 26.0 Å². The van der Waals surface area contributed by atoms with Crippen molar-refractivity contribution in [1.82, 2.24) is 25.3 Å². The molecule has 0 aliphatic carbocycles. The van der Waals surface area contributed by atoms with Gasteiger partial charge < -0.3 is 10.1 Å². The zero-order valence-electron chi connectivity index (χ0n) is 17.9. The predicted octanol–water partition coefficient (Wildman–Crippen LogP) is 5.09. The lowest BCUT2D eigenvalue weighted by molar-refractivity contribution is 0.251. The van der Waals surface area contributed by atoms with Gasteiger partial charge >= 0.3 is 6.03 Å². The van der Waals surface area contributed by atoms with Crippen LogP contribution < -0.4 is 15.4 Å². The molecule has 0 aromatic carbocycles. The summed E-state index contributed by atoms with van der Waals surface area (Å²) in [5.74, 6) is 1.33. The van der Waals surface area contributed by atoms with Crippen LogP contribution in [0.5, 0.6) is 11.5 Å². The molecule has 4 heterocycles. The van der Waals surface area contributed by atoms with Crippen molar-refractivity contribution in [2.45, 2.75) is 29.8 Å². The fourth-order valence-corrected chi connectivity index (χ4v) is 3.69. The van der Waals surface area contributed by atoms with Crippen molar-refractivity contribution in [3.8, 4) is 11.5 Å². The number of carbonyl (C=O) groups is 1. The molecule has 33 heavy (non-hydrogen) atoms. The van der Waals surface area contributed by atoms with E-state index in [0.717, 1.165) is 21.2 Å². The average molecular weight is 459 g/mol. The summed E-state index contributed by atoms with van der Waals surface area (Å²) in [7, 11) is 0. The lowest BCUT2D eigenvalue weighted by Crippen LogP contribution is -2.28. The van der Waals surface area contributed by atoms with Gasteiger partial charge in [-0.3, -0.25) is 15.3 Å². The highest BCUT2D eigenvalue weighted by Crippen LogP contribution is 2.35. The molecule has 4 rings (SSSR count). The van der Waals surface area contributed by atoms with Crippen molar-refractivity contribution in [3.05, 3.63) is 90.8 Å². The van der Waals surface area contributed by atoms with Crippen LogP contribution in [0.1, 0.15) is 18.2 Å². The van der Waals surface area contributed by atoms with Gasteiger partial charge in [0.2, 0.25) is 0 Å². The van der Waals surface area contributed by atoms with Gasteiger partial charge in [-0.1, -0.05) is 24.8 Å². The number of aryl methyl sites for hydroxylation is 1. The van der Waals surface area contributed by atoms with Gasteiger partial charge in [-0.15, -0.1) is 0 Å². The van der Waals surface area contributed by atoms with E-state index >= 15 is 0 Å². The fraction of sp³-hybridized carbons (Fsp3) is 0.125. The summed E-state index contributed by atoms with van der Waals surface area (Å²) >= 11 is 1.45. The second kappa shape index (κ2) is 11.1. The summed E-state index contributed by atoms with van der Waals surface area (Å²) in [5, 5.41) is 6.43. The number of nitrogens with one attached hydrogen (secondary N) is 2. The van der Waals surface area contributed by atoms with E-state index < -0.39 is 6.03 Å². The number of carbonyl (C=O) groups excluding carboxylic acids is 1. The first-order valence-electron chi connectivity index (χ1n) is 10.4. The first kappa shape index (κ1) is 22.2. The van der Waals surface area contributed by atoms with Crippen molar-refractivity contribution in [2.24, 2.45) is 0 Å². The van der Waals surface area contributed by atoms with E-state index in [9.17, 15) is 4.79 Å². The number of hydrogen-bond acceptors (Lipinski definition) is 7. The molecule has 0 aliphatic rings. The van der Waals surface area contributed by atoms with Crippen molar-refractivity contribution in [3.63, 3.8) is 0 Å². The summed E-state index contributed by atoms with van der Waals surface area (Å²) in [6.07, 6.45) is 9.21. The van der Waals surface area contributed by atoms with Crippen LogP contribution in [0.2, 0.25) is 0 Å². The molecular weight excluding hydrogens is 436 g/mol. The van der Waals surface area contributed by atoms with Gasteiger partial charge in [-0.25, -0.2) is 14.8 Å². The molecule has 8 nitrogen and oxygen atoms in total. The third kappa shape index (κ3) is 6.27. The molecule has 2 amide bonds. The molecule has 2 N–H and O–H groups in total. The lowest BCUT2D eigenvalue weighted by Gasteiger charge is -2.14. The number of aromatic nitrogens is 4. The van der Waals surface area contributed by atoms with Gasteiger partial charge in [-0.2, -0.15) is 0 Å². The van der Waals surface area contributed by atoms with Crippen molar-refractivity contribution >= 4 is 23.6 Å². The SMILES string of the molecule is CCc1ncccc1Oc1cc(Sc2ccccn2)cnc1NC(=O)NCc1ccncc1. The summed E-state index contributed by atoms with van der Waals surface area (Å²) in [6.45, 7) is 2.37. The number of rotatable bonds is 8. The van der Waals surface area contributed by atoms with E-state index in [4.69, 9.17) is 4.74 Å². The third-order valence-electron chi connectivity index (χ3n) is 4.53. The van der Waals surface area contributed by atoms with Crippen molar-refractivity contribution in [1.29, 1.82) is 0 Å². The maximum absolute atomic E-state index is 12.5. The van der Waals surface area contributed by atoms with E-state index in [0.29, 0.717) is 30.3 Å². The molecule has 0 saturated carbocycles. The number of anilines is 1. The normalized spacial score (nSPS) is 10.5.